The minimum absolute atomic E-state index is 0.444. The smallest absolute Gasteiger partial charge is 0.378 e. The molecule has 0 saturated heterocycles. The van der Waals surface area contributed by atoms with Gasteiger partial charge in [0.05, 0.1) is 34.9 Å². The zero-order valence-electron chi connectivity index (χ0n) is 9.54. The number of aryl methyl sites for hydroxylation is 1. The van der Waals surface area contributed by atoms with E-state index >= 15 is 0 Å². The first-order valence-electron chi connectivity index (χ1n) is 5.46. The maximum absolute atomic E-state index is 12.7. The van der Waals surface area contributed by atoms with Crippen molar-refractivity contribution in [3.05, 3.63) is 41.2 Å². The van der Waals surface area contributed by atoms with Gasteiger partial charge < -0.3 is 5.32 Å². The molecule has 0 saturated carbocycles. The zero-order valence-corrected chi connectivity index (χ0v) is 9.54. The van der Waals surface area contributed by atoms with Crippen molar-refractivity contribution >= 4 is 5.69 Å². The van der Waals surface area contributed by atoms with Crippen molar-refractivity contribution in [3.8, 4) is 5.69 Å². The quantitative estimate of drug-likeness (QED) is 0.781. The van der Waals surface area contributed by atoms with Crippen molar-refractivity contribution < 1.29 is 13.2 Å². The van der Waals surface area contributed by atoms with Gasteiger partial charge in [0.1, 0.15) is 0 Å². The summed E-state index contributed by atoms with van der Waals surface area (Å²) in [5, 5.41) is 7.31. The van der Waals surface area contributed by atoms with E-state index in [1.807, 2.05) is 13.0 Å². The Morgan fingerprint density at radius 2 is 2.06 bits per heavy atom. The molecule has 0 radical (unpaired) electrons. The molecular weight excluding hydrogens is 243 g/mol. The summed E-state index contributed by atoms with van der Waals surface area (Å²) in [5.41, 5.74) is 2.10. The van der Waals surface area contributed by atoms with Gasteiger partial charge in [-0.05, 0) is 31.2 Å². The van der Waals surface area contributed by atoms with Gasteiger partial charge in [-0.25, -0.2) is 4.68 Å². The summed E-state index contributed by atoms with van der Waals surface area (Å²) in [6.07, 6.45) is -4.34. The Labute approximate surface area is 101 Å². The molecule has 94 valence electrons. The summed E-state index contributed by atoms with van der Waals surface area (Å²) < 4.78 is 39.6. The Bertz CT molecular complexity index is 614. The van der Waals surface area contributed by atoms with Gasteiger partial charge in [0.15, 0.2) is 0 Å². The molecular formula is C12H10F3N3. The van der Waals surface area contributed by atoms with Crippen LogP contribution in [0.1, 0.15) is 17.0 Å². The van der Waals surface area contributed by atoms with E-state index in [1.165, 1.54) is 6.07 Å². The first-order chi connectivity index (χ1) is 8.45. The lowest BCUT2D eigenvalue weighted by atomic mass is 10.1. The van der Waals surface area contributed by atoms with Gasteiger partial charge in [-0.2, -0.15) is 18.3 Å². The van der Waals surface area contributed by atoms with Gasteiger partial charge in [-0.1, -0.05) is 0 Å². The minimum atomic E-state index is -4.34. The second kappa shape index (κ2) is 3.51. The Balaban J connectivity index is 2.19. The average Bonchev–Trinajstić information content (AvgIpc) is 2.68. The van der Waals surface area contributed by atoms with Crippen LogP contribution in [0.2, 0.25) is 0 Å². The number of hydrogen-bond donors (Lipinski definition) is 1. The monoisotopic (exact) mass is 253 g/mol. The van der Waals surface area contributed by atoms with E-state index in [2.05, 4.69) is 10.4 Å². The fourth-order valence-corrected chi connectivity index (χ4v) is 2.11. The normalized spacial score (nSPS) is 13.8. The number of fused-ring (bicyclic) bond motifs is 3. The van der Waals surface area contributed by atoms with Gasteiger partial charge >= 0.3 is 6.18 Å². The zero-order chi connectivity index (χ0) is 12.9. The number of nitrogens with one attached hydrogen (secondary N) is 1. The maximum Gasteiger partial charge on any atom is 0.416 e. The average molecular weight is 253 g/mol. The molecule has 1 aliphatic rings. The third kappa shape index (κ3) is 1.64. The van der Waals surface area contributed by atoms with E-state index in [0.29, 0.717) is 17.9 Å². The van der Waals surface area contributed by atoms with Gasteiger partial charge in [0, 0.05) is 0 Å². The number of alkyl halides is 3. The van der Waals surface area contributed by atoms with E-state index in [1.54, 1.807) is 4.68 Å². The lowest BCUT2D eigenvalue weighted by molar-refractivity contribution is -0.137. The van der Waals surface area contributed by atoms with Crippen LogP contribution in [0, 0.1) is 6.92 Å². The molecule has 0 atom stereocenters. The van der Waals surface area contributed by atoms with Crippen molar-refractivity contribution in [2.24, 2.45) is 0 Å². The SMILES string of the molecule is Cc1cc2n(n1)-c1cc(C(F)(F)F)ccc1NC2. The fraction of sp³-hybridized carbons (Fsp3) is 0.250. The Morgan fingerprint density at radius 3 is 2.78 bits per heavy atom. The van der Waals surface area contributed by atoms with E-state index in [0.717, 1.165) is 23.5 Å². The molecule has 3 nitrogen and oxygen atoms in total. The van der Waals surface area contributed by atoms with Gasteiger partial charge in [-0.15, -0.1) is 0 Å². The molecule has 1 aromatic carbocycles. The third-order valence-corrected chi connectivity index (χ3v) is 2.92. The summed E-state index contributed by atoms with van der Waals surface area (Å²) in [6.45, 7) is 2.39. The number of aromatic nitrogens is 2. The number of anilines is 1. The van der Waals surface area contributed by atoms with Gasteiger partial charge in [-0.3, -0.25) is 0 Å². The highest BCUT2D eigenvalue weighted by atomic mass is 19.4. The summed E-state index contributed by atoms with van der Waals surface area (Å²) in [4.78, 5) is 0. The molecule has 1 N–H and O–H groups in total. The van der Waals surface area contributed by atoms with Crippen LogP contribution in [-0.2, 0) is 12.7 Å². The van der Waals surface area contributed by atoms with Crippen LogP contribution in [0.5, 0.6) is 0 Å². The number of benzene rings is 1. The highest BCUT2D eigenvalue weighted by molar-refractivity contribution is 5.65. The molecule has 0 bridgehead atoms. The predicted molar refractivity (Wildman–Crippen MR) is 60.6 cm³/mol. The largest absolute Gasteiger partial charge is 0.416 e. The number of hydrogen-bond acceptors (Lipinski definition) is 2. The van der Waals surface area contributed by atoms with Crippen LogP contribution in [0.4, 0.5) is 18.9 Å². The Kier molecular flexibility index (Phi) is 2.17. The molecule has 2 heterocycles. The number of rotatable bonds is 0. The van der Waals surface area contributed by atoms with E-state index in [9.17, 15) is 13.2 Å². The number of nitrogens with zero attached hydrogens (tertiary/aromatic N) is 2. The third-order valence-electron chi connectivity index (χ3n) is 2.92. The minimum Gasteiger partial charge on any atom is -0.378 e. The van der Waals surface area contributed by atoms with Crippen molar-refractivity contribution in [3.63, 3.8) is 0 Å². The maximum atomic E-state index is 12.7. The predicted octanol–water partition coefficient (Wildman–Crippen LogP) is 3.13. The molecule has 1 aromatic heterocycles. The van der Waals surface area contributed by atoms with E-state index < -0.39 is 11.7 Å². The molecule has 0 spiro atoms. The highest BCUT2D eigenvalue weighted by Gasteiger charge is 2.32. The van der Waals surface area contributed by atoms with Crippen LogP contribution >= 0.6 is 0 Å². The highest BCUT2D eigenvalue weighted by Crippen LogP contribution is 2.35. The van der Waals surface area contributed by atoms with Crippen molar-refractivity contribution in [2.75, 3.05) is 5.32 Å². The summed E-state index contributed by atoms with van der Waals surface area (Å²) in [6, 6.07) is 5.50. The topological polar surface area (TPSA) is 29.9 Å². The molecule has 0 amide bonds. The lowest BCUT2D eigenvalue weighted by Gasteiger charge is -2.21. The number of halogens is 3. The van der Waals surface area contributed by atoms with Crippen LogP contribution in [0.15, 0.2) is 24.3 Å². The van der Waals surface area contributed by atoms with Crippen LogP contribution in [0.3, 0.4) is 0 Å². The molecule has 3 rings (SSSR count). The van der Waals surface area contributed by atoms with Crippen LogP contribution in [-0.4, -0.2) is 9.78 Å². The molecule has 0 unspecified atom stereocenters. The Morgan fingerprint density at radius 1 is 1.28 bits per heavy atom. The second-order valence-electron chi connectivity index (χ2n) is 4.27. The first-order valence-corrected chi connectivity index (χ1v) is 5.46. The van der Waals surface area contributed by atoms with Crippen LogP contribution < -0.4 is 5.32 Å². The molecule has 18 heavy (non-hydrogen) atoms. The van der Waals surface area contributed by atoms with E-state index in [-0.39, 0.29) is 0 Å². The van der Waals surface area contributed by atoms with Gasteiger partial charge in [0.2, 0.25) is 0 Å². The van der Waals surface area contributed by atoms with Crippen molar-refractivity contribution in [2.45, 2.75) is 19.6 Å². The molecule has 0 aliphatic carbocycles. The second-order valence-corrected chi connectivity index (χ2v) is 4.27. The summed E-state index contributed by atoms with van der Waals surface area (Å²) >= 11 is 0. The summed E-state index contributed by atoms with van der Waals surface area (Å²) in [7, 11) is 0. The molecule has 0 fully saturated rings. The standard InChI is InChI=1S/C12H10F3N3/c1-7-4-9-6-16-10-3-2-8(12(13,14)15)5-11(10)18(9)17-7/h2-5,16H,6H2,1H3. The first kappa shape index (κ1) is 11.1. The molecule has 2 aromatic rings. The van der Waals surface area contributed by atoms with Crippen LogP contribution in [0.25, 0.3) is 5.69 Å². The van der Waals surface area contributed by atoms with Gasteiger partial charge in [0.25, 0.3) is 0 Å². The molecule has 6 heteroatoms. The lowest BCUT2D eigenvalue weighted by Crippen LogP contribution is -2.17. The summed E-state index contributed by atoms with van der Waals surface area (Å²) in [5.74, 6) is 0. The van der Waals surface area contributed by atoms with E-state index in [4.69, 9.17) is 0 Å². The van der Waals surface area contributed by atoms with Crippen molar-refractivity contribution in [1.29, 1.82) is 0 Å². The fourth-order valence-electron chi connectivity index (χ4n) is 2.11. The molecule has 1 aliphatic heterocycles. The van der Waals surface area contributed by atoms with Crippen molar-refractivity contribution in [1.82, 2.24) is 9.78 Å². The Hall–Kier alpha value is -1.98.